The van der Waals surface area contributed by atoms with Gasteiger partial charge in [-0.25, -0.2) is 4.98 Å². The van der Waals surface area contributed by atoms with Gasteiger partial charge in [0.2, 0.25) is 5.91 Å². The second kappa shape index (κ2) is 11.1. The molecule has 6 aromatic rings. The average molecular weight is 530 g/mol. The lowest BCUT2D eigenvalue weighted by molar-refractivity contribution is -0.120. The Morgan fingerprint density at radius 3 is 2.48 bits per heavy atom. The van der Waals surface area contributed by atoms with Gasteiger partial charge >= 0.3 is 0 Å². The van der Waals surface area contributed by atoms with Crippen molar-refractivity contribution in [2.45, 2.75) is 12.8 Å². The van der Waals surface area contributed by atoms with E-state index in [1.165, 1.54) is 0 Å². The van der Waals surface area contributed by atoms with E-state index in [4.69, 9.17) is 0 Å². The van der Waals surface area contributed by atoms with Gasteiger partial charge in [-0.1, -0.05) is 30.3 Å². The van der Waals surface area contributed by atoms with E-state index in [0.29, 0.717) is 24.6 Å². The van der Waals surface area contributed by atoms with Crippen molar-refractivity contribution >= 4 is 28.3 Å². The topological polar surface area (TPSA) is 110 Å². The number of imidazole rings is 1. The number of hydrogen-bond acceptors (Lipinski definition) is 6. The number of nitrogens with one attached hydrogen (secondary N) is 2. The number of phenols is 1. The van der Waals surface area contributed by atoms with Crippen LogP contribution in [0.2, 0.25) is 0 Å². The van der Waals surface area contributed by atoms with Gasteiger partial charge in [-0.15, -0.1) is 10.2 Å². The molecule has 3 aromatic heterocycles. The molecule has 9 nitrogen and oxygen atoms in total. The van der Waals surface area contributed by atoms with Crippen LogP contribution in [-0.4, -0.2) is 41.9 Å². The van der Waals surface area contributed by atoms with Gasteiger partial charge in [0.25, 0.3) is 0 Å². The molecule has 1 amide bonds. The number of rotatable bonds is 9. The van der Waals surface area contributed by atoms with Crippen molar-refractivity contribution in [1.29, 1.82) is 0 Å². The lowest BCUT2D eigenvalue weighted by Crippen LogP contribution is -2.27. The molecule has 0 spiro atoms. The van der Waals surface area contributed by atoms with Gasteiger partial charge in [0.1, 0.15) is 5.75 Å². The van der Waals surface area contributed by atoms with Gasteiger partial charge in [0.05, 0.1) is 18.3 Å². The number of hydrogen-bond donors (Lipinski definition) is 3. The minimum atomic E-state index is -0.0497. The first-order chi connectivity index (χ1) is 19.6. The molecule has 6 rings (SSSR count). The molecule has 3 heterocycles. The molecule has 0 bridgehead atoms. The summed E-state index contributed by atoms with van der Waals surface area (Å²) < 4.78 is 3.90. The minimum absolute atomic E-state index is 0.0497. The SMILES string of the molecule is O=C(Cc1cn(-c2ccc(Nc3ccc(-n4ccnc4)cc3)nn2)c2ccccc12)NCCc1ccc(O)cc1. The smallest absolute Gasteiger partial charge is 0.224 e. The summed E-state index contributed by atoms with van der Waals surface area (Å²) in [5, 5.41) is 25.5. The van der Waals surface area contributed by atoms with Crippen molar-refractivity contribution in [3.8, 4) is 17.3 Å². The monoisotopic (exact) mass is 529 g/mol. The van der Waals surface area contributed by atoms with Gasteiger partial charge in [-0.05, 0) is 72.1 Å². The highest BCUT2D eigenvalue weighted by atomic mass is 16.3. The molecule has 3 aromatic carbocycles. The molecular weight excluding hydrogens is 502 g/mol. The summed E-state index contributed by atoms with van der Waals surface area (Å²) in [7, 11) is 0. The fourth-order valence-electron chi connectivity index (χ4n) is 4.62. The second-order valence-electron chi connectivity index (χ2n) is 9.40. The number of para-hydroxylation sites is 1. The van der Waals surface area contributed by atoms with Crippen molar-refractivity contribution < 1.29 is 9.90 Å². The summed E-state index contributed by atoms with van der Waals surface area (Å²) in [6, 6.07) is 26.7. The molecule has 40 heavy (non-hydrogen) atoms. The van der Waals surface area contributed by atoms with E-state index in [2.05, 4.69) is 25.8 Å². The van der Waals surface area contributed by atoms with Crippen LogP contribution in [0.3, 0.4) is 0 Å². The molecule has 0 saturated heterocycles. The molecule has 0 unspecified atom stereocenters. The van der Waals surface area contributed by atoms with Crippen LogP contribution in [0.4, 0.5) is 11.5 Å². The average Bonchev–Trinajstić information content (AvgIpc) is 3.64. The van der Waals surface area contributed by atoms with E-state index in [1.807, 2.05) is 94.3 Å². The maximum absolute atomic E-state index is 12.8. The molecule has 0 saturated carbocycles. The van der Waals surface area contributed by atoms with E-state index in [-0.39, 0.29) is 18.1 Å². The van der Waals surface area contributed by atoms with Crippen LogP contribution in [-0.2, 0) is 17.6 Å². The highest BCUT2D eigenvalue weighted by Gasteiger charge is 2.14. The Labute approximate surface area is 230 Å². The fourth-order valence-corrected chi connectivity index (χ4v) is 4.62. The Balaban J connectivity index is 1.13. The molecule has 0 fully saturated rings. The van der Waals surface area contributed by atoms with Crippen LogP contribution < -0.4 is 10.6 Å². The highest BCUT2D eigenvalue weighted by Crippen LogP contribution is 2.25. The third-order valence-electron chi connectivity index (χ3n) is 6.66. The Kier molecular flexibility index (Phi) is 6.92. The Morgan fingerprint density at radius 1 is 0.900 bits per heavy atom. The second-order valence-corrected chi connectivity index (χ2v) is 9.40. The summed E-state index contributed by atoms with van der Waals surface area (Å²) in [6.45, 7) is 0.522. The van der Waals surface area contributed by atoms with Crippen molar-refractivity contribution in [3.05, 3.63) is 121 Å². The van der Waals surface area contributed by atoms with Gasteiger partial charge in [0, 0.05) is 41.9 Å². The maximum Gasteiger partial charge on any atom is 0.224 e. The number of benzene rings is 3. The Bertz CT molecular complexity index is 1720. The molecule has 3 N–H and O–H groups in total. The number of carbonyl (C=O) groups excluding carboxylic acids is 1. The highest BCUT2D eigenvalue weighted by molar-refractivity contribution is 5.90. The molecule has 0 aliphatic rings. The first-order valence-electron chi connectivity index (χ1n) is 13.0. The molecule has 0 radical (unpaired) electrons. The molecule has 0 aliphatic carbocycles. The normalized spacial score (nSPS) is 11.0. The maximum atomic E-state index is 12.8. The summed E-state index contributed by atoms with van der Waals surface area (Å²) in [6.07, 6.45) is 8.31. The third-order valence-corrected chi connectivity index (χ3v) is 6.66. The number of phenolic OH excluding ortho intramolecular Hbond substituents is 1. The molecule has 9 heteroatoms. The summed E-state index contributed by atoms with van der Waals surface area (Å²) in [5.74, 6) is 1.47. The quantitative estimate of drug-likeness (QED) is 0.244. The number of carbonyl (C=O) groups is 1. The van der Waals surface area contributed by atoms with E-state index in [1.54, 1.807) is 24.7 Å². The first kappa shape index (κ1) is 24.9. The predicted octanol–water partition coefficient (Wildman–Crippen LogP) is 4.96. The van der Waals surface area contributed by atoms with E-state index in [0.717, 1.165) is 33.4 Å². The lowest BCUT2D eigenvalue weighted by atomic mass is 10.1. The number of nitrogens with zero attached hydrogens (tertiary/aromatic N) is 5. The summed E-state index contributed by atoms with van der Waals surface area (Å²) in [5.41, 5.74) is 4.85. The molecule has 0 atom stereocenters. The number of anilines is 2. The third kappa shape index (κ3) is 5.53. The van der Waals surface area contributed by atoms with Crippen molar-refractivity contribution in [2.75, 3.05) is 11.9 Å². The van der Waals surface area contributed by atoms with Crippen molar-refractivity contribution in [3.63, 3.8) is 0 Å². The number of amides is 1. The zero-order valence-corrected chi connectivity index (χ0v) is 21.6. The van der Waals surface area contributed by atoms with Gasteiger partial charge in [0.15, 0.2) is 11.6 Å². The zero-order valence-electron chi connectivity index (χ0n) is 21.6. The van der Waals surface area contributed by atoms with E-state index < -0.39 is 0 Å². The van der Waals surface area contributed by atoms with Crippen molar-refractivity contribution in [1.82, 2.24) is 29.6 Å². The predicted molar refractivity (Wildman–Crippen MR) is 154 cm³/mol. The van der Waals surface area contributed by atoms with Crippen molar-refractivity contribution in [2.24, 2.45) is 0 Å². The van der Waals surface area contributed by atoms with Crippen LogP contribution in [0.5, 0.6) is 5.75 Å². The van der Waals surface area contributed by atoms with Crippen LogP contribution >= 0.6 is 0 Å². The van der Waals surface area contributed by atoms with Gasteiger partial charge < -0.3 is 20.3 Å². The van der Waals surface area contributed by atoms with Crippen LogP contribution in [0.15, 0.2) is 110 Å². The van der Waals surface area contributed by atoms with Crippen LogP contribution in [0.1, 0.15) is 11.1 Å². The standard InChI is InChI=1S/C31H27N7O2/c39-26-11-5-22(6-12-26)15-16-33-31(40)19-23-20-38(28-4-2-1-3-27(23)28)30-14-13-29(35-36-30)34-24-7-9-25(10-8-24)37-18-17-32-21-37/h1-14,17-18,20-21,39H,15-16,19H2,(H,33,40)(H,34,35). The lowest BCUT2D eigenvalue weighted by Gasteiger charge is -2.08. The first-order valence-corrected chi connectivity index (χ1v) is 13.0. The molecule has 198 valence electrons. The minimum Gasteiger partial charge on any atom is -0.508 e. The Hall–Kier alpha value is -5.44. The van der Waals surface area contributed by atoms with E-state index >= 15 is 0 Å². The summed E-state index contributed by atoms with van der Waals surface area (Å²) >= 11 is 0. The Morgan fingerprint density at radius 2 is 1.73 bits per heavy atom. The fraction of sp³-hybridized carbons (Fsp3) is 0.0968. The van der Waals surface area contributed by atoms with Gasteiger partial charge in [-0.2, -0.15) is 0 Å². The van der Waals surface area contributed by atoms with Crippen LogP contribution in [0, 0.1) is 0 Å². The number of aromatic nitrogens is 5. The van der Waals surface area contributed by atoms with Crippen LogP contribution in [0.25, 0.3) is 22.4 Å². The van der Waals surface area contributed by atoms with Gasteiger partial charge in [-0.3, -0.25) is 9.36 Å². The molecular formula is C31H27N7O2. The number of aromatic hydroxyl groups is 1. The summed E-state index contributed by atoms with van der Waals surface area (Å²) in [4.78, 5) is 16.8. The molecule has 0 aliphatic heterocycles. The van der Waals surface area contributed by atoms with E-state index in [9.17, 15) is 9.90 Å². The number of fused-ring (bicyclic) bond motifs is 1. The zero-order chi connectivity index (χ0) is 27.3. The largest absolute Gasteiger partial charge is 0.508 e.